The van der Waals surface area contributed by atoms with Gasteiger partial charge in [-0.1, -0.05) is 16.8 Å². The van der Waals surface area contributed by atoms with Gasteiger partial charge in [-0.05, 0) is 30.3 Å². The molecule has 138 valence electrons. The van der Waals surface area contributed by atoms with E-state index in [9.17, 15) is 4.79 Å². The van der Waals surface area contributed by atoms with E-state index >= 15 is 0 Å². The Kier molecular flexibility index (Phi) is 4.64. The van der Waals surface area contributed by atoms with Crippen LogP contribution in [0.1, 0.15) is 11.8 Å². The molecule has 3 heterocycles. The molecule has 2 amide bonds. The summed E-state index contributed by atoms with van der Waals surface area (Å²) in [5.41, 5.74) is 1.36. The number of halogens is 1. The number of likely N-dealkylation sites (tertiary alicyclic amines) is 1. The third kappa shape index (κ3) is 3.56. The molecule has 4 rings (SSSR count). The predicted octanol–water partition coefficient (Wildman–Crippen LogP) is 3.42. The second-order valence-electron chi connectivity index (χ2n) is 6.07. The number of ether oxygens (including phenoxy) is 1. The van der Waals surface area contributed by atoms with Gasteiger partial charge in [-0.15, -0.1) is 0 Å². The first-order valence-electron chi connectivity index (χ1n) is 8.27. The zero-order chi connectivity index (χ0) is 18.8. The molecular formula is C18H16ClN5O3. The highest BCUT2D eigenvalue weighted by molar-refractivity contribution is 6.31. The Morgan fingerprint density at radius 3 is 2.81 bits per heavy atom. The van der Waals surface area contributed by atoms with E-state index in [-0.39, 0.29) is 11.9 Å². The van der Waals surface area contributed by atoms with Gasteiger partial charge in [0, 0.05) is 36.1 Å². The van der Waals surface area contributed by atoms with Crippen molar-refractivity contribution >= 4 is 23.3 Å². The standard InChI is InChI=1S/C18H16ClN5O3/c1-26-15-3-2-13(19)8-14(15)21-18(25)24-9-12(10-24)17-22-16(23-27-17)11-4-6-20-7-5-11/h2-8,12H,9-10H2,1H3,(H,21,25). The van der Waals surface area contributed by atoms with Crippen molar-refractivity contribution in [3.8, 4) is 17.1 Å². The van der Waals surface area contributed by atoms with Crippen molar-refractivity contribution in [1.29, 1.82) is 0 Å². The number of urea groups is 1. The van der Waals surface area contributed by atoms with Gasteiger partial charge in [0.05, 0.1) is 18.7 Å². The number of nitrogens with one attached hydrogen (secondary N) is 1. The number of carbonyl (C=O) groups excluding carboxylic acids is 1. The minimum atomic E-state index is -0.235. The fourth-order valence-electron chi connectivity index (χ4n) is 2.79. The van der Waals surface area contributed by atoms with E-state index in [0.29, 0.717) is 41.3 Å². The predicted molar refractivity (Wildman–Crippen MR) is 98.9 cm³/mol. The molecule has 27 heavy (non-hydrogen) atoms. The highest BCUT2D eigenvalue weighted by atomic mass is 35.5. The van der Waals surface area contributed by atoms with Crippen LogP contribution in [0.2, 0.25) is 5.02 Å². The molecule has 9 heteroatoms. The first kappa shape index (κ1) is 17.3. The highest BCUT2D eigenvalue weighted by Gasteiger charge is 2.36. The number of hydrogen-bond donors (Lipinski definition) is 1. The van der Waals surface area contributed by atoms with Gasteiger partial charge >= 0.3 is 6.03 Å². The summed E-state index contributed by atoms with van der Waals surface area (Å²) in [6.07, 6.45) is 3.34. The zero-order valence-electron chi connectivity index (χ0n) is 14.4. The summed E-state index contributed by atoms with van der Waals surface area (Å²) in [5, 5.41) is 7.32. The molecular weight excluding hydrogens is 370 g/mol. The van der Waals surface area contributed by atoms with Crippen molar-refractivity contribution in [2.75, 3.05) is 25.5 Å². The van der Waals surface area contributed by atoms with Gasteiger partial charge in [-0.25, -0.2) is 4.79 Å². The van der Waals surface area contributed by atoms with Gasteiger partial charge in [0.2, 0.25) is 11.7 Å². The lowest BCUT2D eigenvalue weighted by atomic mass is 10.0. The van der Waals surface area contributed by atoms with Crippen molar-refractivity contribution in [2.45, 2.75) is 5.92 Å². The number of amides is 2. The second kappa shape index (κ2) is 7.24. The van der Waals surface area contributed by atoms with E-state index in [1.165, 1.54) is 7.11 Å². The van der Waals surface area contributed by atoms with Crippen LogP contribution in [-0.2, 0) is 0 Å². The number of anilines is 1. The van der Waals surface area contributed by atoms with E-state index in [2.05, 4.69) is 20.4 Å². The van der Waals surface area contributed by atoms with Crippen LogP contribution >= 0.6 is 11.6 Å². The lowest BCUT2D eigenvalue weighted by molar-refractivity contribution is 0.147. The molecule has 1 N–H and O–H groups in total. The van der Waals surface area contributed by atoms with Gasteiger partial charge in [0.25, 0.3) is 0 Å². The number of benzene rings is 1. The summed E-state index contributed by atoms with van der Waals surface area (Å²) < 4.78 is 10.6. The molecule has 0 saturated carbocycles. The number of methoxy groups -OCH3 is 1. The number of rotatable bonds is 4. The first-order valence-corrected chi connectivity index (χ1v) is 8.65. The van der Waals surface area contributed by atoms with Crippen molar-refractivity contribution in [2.24, 2.45) is 0 Å². The molecule has 1 aliphatic rings. The topological polar surface area (TPSA) is 93.4 Å². The molecule has 0 bridgehead atoms. The average Bonchev–Trinajstić information content (AvgIpc) is 3.11. The van der Waals surface area contributed by atoms with Crippen molar-refractivity contribution in [3.05, 3.63) is 53.6 Å². The van der Waals surface area contributed by atoms with E-state index < -0.39 is 0 Å². The average molecular weight is 386 g/mol. The normalized spacial score (nSPS) is 13.9. The van der Waals surface area contributed by atoms with E-state index in [0.717, 1.165) is 5.56 Å². The van der Waals surface area contributed by atoms with Gasteiger partial charge in [-0.3, -0.25) is 4.98 Å². The molecule has 0 aliphatic carbocycles. The highest BCUT2D eigenvalue weighted by Crippen LogP contribution is 2.31. The maximum absolute atomic E-state index is 12.4. The summed E-state index contributed by atoms with van der Waals surface area (Å²) in [4.78, 5) is 22.5. The second-order valence-corrected chi connectivity index (χ2v) is 6.51. The van der Waals surface area contributed by atoms with Gasteiger partial charge in [0.1, 0.15) is 5.75 Å². The van der Waals surface area contributed by atoms with Crippen LogP contribution in [-0.4, -0.2) is 46.3 Å². The van der Waals surface area contributed by atoms with Crippen LogP contribution in [0.3, 0.4) is 0 Å². The third-order valence-corrected chi connectivity index (χ3v) is 4.54. The molecule has 1 aromatic carbocycles. The van der Waals surface area contributed by atoms with Crippen LogP contribution in [0.25, 0.3) is 11.4 Å². The van der Waals surface area contributed by atoms with Gasteiger partial charge < -0.3 is 19.5 Å². The molecule has 0 radical (unpaired) electrons. The molecule has 2 aromatic heterocycles. The van der Waals surface area contributed by atoms with Crippen LogP contribution in [0, 0.1) is 0 Å². The molecule has 1 saturated heterocycles. The number of hydrogen-bond acceptors (Lipinski definition) is 6. The third-order valence-electron chi connectivity index (χ3n) is 4.30. The fourth-order valence-corrected chi connectivity index (χ4v) is 2.96. The van der Waals surface area contributed by atoms with Crippen molar-refractivity contribution < 1.29 is 14.1 Å². The van der Waals surface area contributed by atoms with E-state index in [4.69, 9.17) is 20.9 Å². The molecule has 0 unspecified atom stereocenters. The lowest BCUT2D eigenvalue weighted by Gasteiger charge is -2.36. The smallest absolute Gasteiger partial charge is 0.321 e. The Hall–Kier alpha value is -3.13. The van der Waals surface area contributed by atoms with E-state index in [1.807, 2.05) is 12.1 Å². The lowest BCUT2D eigenvalue weighted by Crippen LogP contribution is -2.50. The largest absolute Gasteiger partial charge is 0.495 e. The summed E-state index contributed by atoms with van der Waals surface area (Å²) >= 11 is 5.99. The van der Waals surface area contributed by atoms with Gasteiger partial charge in [-0.2, -0.15) is 4.98 Å². The molecule has 0 atom stereocenters. The maximum atomic E-state index is 12.4. The number of carbonyl (C=O) groups is 1. The summed E-state index contributed by atoms with van der Waals surface area (Å²) in [5.74, 6) is 1.59. The van der Waals surface area contributed by atoms with Gasteiger partial charge in [0.15, 0.2) is 0 Å². The fraction of sp³-hybridized carbons (Fsp3) is 0.222. The zero-order valence-corrected chi connectivity index (χ0v) is 15.2. The Bertz CT molecular complexity index is 957. The quantitative estimate of drug-likeness (QED) is 0.739. The summed E-state index contributed by atoms with van der Waals surface area (Å²) in [6, 6.07) is 8.44. The Labute approximate surface area is 160 Å². The summed E-state index contributed by atoms with van der Waals surface area (Å²) in [6.45, 7) is 0.986. The SMILES string of the molecule is COc1ccc(Cl)cc1NC(=O)N1CC(c2nc(-c3ccncc3)no2)C1. The Morgan fingerprint density at radius 1 is 1.30 bits per heavy atom. The maximum Gasteiger partial charge on any atom is 0.321 e. The first-order chi connectivity index (χ1) is 13.1. The minimum Gasteiger partial charge on any atom is -0.495 e. The van der Waals surface area contributed by atoms with Crippen LogP contribution in [0.15, 0.2) is 47.2 Å². The Morgan fingerprint density at radius 2 is 2.07 bits per heavy atom. The number of nitrogens with zero attached hydrogens (tertiary/aromatic N) is 4. The number of pyridine rings is 1. The number of aromatic nitrogens is 3. The van der Waals surface area contributed by atoms with Crippen LogP contribution < -0.4 is 10.1 Å². The monoisotopic (exact) mass is 385 g/mol. The van der Waals surface area contributed by atoms with Crippen LogP contribution in [0.5, 0.6) is 5.75 Å². The van der Waals surface area contributed by atoms with Crippen molar-refractivity contribution in [1.82, 2.24) is 20.0 Å². The molecule has 3 aromatic rings. The minimum absolute atomic E-state index is 0.0140. The van der Waals surface area contributed by atoms with Crippen molar-refractivity contribution in [3.63, 3.8) is 0 Å². The Balaban J connectivity index is 1.38. The molecule has 0 spiro atoms. The molecule has 1 fully saturated rings. The van der Waals surface area contributed by atoms with Crippen LogP contribution in [0.4, 0.5) is 10.5 Å². The molecule has 8 nitrogen and oxygen atoms in total. The summed E-state index contributed by atoms with van der Waals surface area (Å²) in [7, 11) is 1.54. The van der Waals surface area contributed by atoms with E-state index in [1.54, 1.807) is 35.5 Å². The molecule has 1 aliphatic heterocycles.